The maximum absolute atomic E-state index is 12.8. The Kier molecular flexibility index (Phi) is 7.45. The smallest absolute Gasteiger partial charge is 0.262 e. The molecule has 0 saturated carbocycles. The molecule has 1 heterocycles. The van der Waals surface area contributed by atoms with Crippen LogP contribution in [0.15, 0.2) is 57.0 Å². The molecule has 0 radical (unpaired) electrons. The van der Waals surface area contributed by atoms with Gasteiger partial charge in [-0.15, -0.1) is 0 Å². The van der Waals surface area contributed by atoms with E-state index in [9.17, 15) is 13.2 Å². The van der Waals surface area contributed by atoms with E-state index in [0.29, 0.717) is 40.2 Å². The fraction of sp³-hybridized carbons (Fsp3) is 0.333. The molecule has 2 aromatic carbocycles. The predicted octanol–water partition coefficient (Wildman–Crippen LogP) is 3.89. The number of benzene rings is 2. The van der Waals surface area contributed by atoms with Crippen LogP contribution in [0, 0.1) is 5.92 Å². The van der Waals surface area contributed by atoms with Crippen molar-refractivity contribution in [2.45, 2.75) is 30.4 Å². The van der Waals surface area contributed by atoms with Gasteiger partial charge in [0, 0.05) is 6.54 Å². The van der Waals surface area contributed by atoms with Gasteiger partial charge in [0.05, 0.1) is 23.4 Å². The summed E-state index contributed by atoms with van der Waals surface area (Å²) in [6.45, 7) is 4.82. The third kappa shape index (κ3) is 6.14. The Balaban J connectivity index is 1.69. The normalized spacial score (nSPS) is 11.6. The number of thioether (sulfide) groups is 1. The van der Waals surface area contributed by atoms with Crippen LogP contribution < -0.4 is 14.8 Å². The summed E-state index contributed by atoms with van der Waals surface area (Å²) in [6.07, 6.45) is 0.916. The molecule has 2 N–H and O–H groups in total. The van der Waals surface area contributed by atoms with Crippen LogP contribution in [0.1, 0.15) is 20.3 Å². The molecule has 3 rings (SSSR count). The summed E-state index contributed by atoms with van der Waals surface area (Å²) in [5.41, 5.74) is 1.18. The van der Waals surface area contributed by atoms with E-state index in [1.54, 1.807) is 30.3 Å². The summed E-state index contributed by atoms with van der Waals surface area (Å²) in [5, 5.41) is 3.16. The molecule has 1 aromatic heterocycles. The number of carbonyl (C=O) groups excluding carboxylic acids is 1. The molecule has 0 bridgehead atoms. The van der Waals surface area contributed by atoms with E-state index in [1.165, 1.54) is 19.2 Å². The number of sulfonamides is 1. The minimum absolute atomic E-state index is 0.0437. The SMILES string of the molecule is COc1ccccc1NS(=O)(=O)c1ccc2oc(SCC(=O)NCCC(C)C)nc2c1. The number of ether oxygens (including phenoxy) is 1. The Morgan fingerprint density at radius 1 is 1.23 bits per heavy atom. The van der Waals surface area contributed by atoms with Crippen molar-refractivity contribution in [3.8, 4) is 5.75 Å². The lowest BCUT2D eigenvalue weighted by atomic mass is 10.1. The number of nitrogens with zero attached hydrogens (tertiary/aromatic N) is 1. The van der Waals surface area contributed by atoms with E-state index in [4.69, 9.17) is 9.15 Å². The number of methoxy groups -OCH3 is 1. The van der Waals surface area contributed by atoms with Gasteiger partial charge in [-0.1, -0.05) is 37.7 Å². The Bertz CT molecular complexity index is 1160. The van der Waals surface area contributed by atoms with Crippen molar-refractivity contribution in [2.75, 3.05) is 24.1 Å². The molecular weight excluding hydrogens is 438 g/mol. The zero-order chi connectivity index (χ0) is 22.4. The number of hydrogen-bond acceptors (Lipinski definition) is 7. The van der Waals surface area contributed by atoms with Crippen LogP contribution in [-0.4, -0.2) is 38.7 Å². The fourth-order valence-electron chi connectivity index (χ4n) is 2.73. The third-order valence-electron chi connectivity index (χ3n) is 4.37. The molecule has 10 heteroatoms. The van der Waals surface area contributed by atoms with Gasteiger partial charge in [0.15, 0.2) is 5.58 Å². The van der Waals surface area contributed by atoms with Crippen LogP contribution in [0.2, 0.25) is 0 Å². The number of carbonyl (C=O) groups is 1. The standard InChI is InChI=1S/C21H25N3O5S2/c1-14(2)10-11-22-20(25)13-30-21-23-17-12-15(8-9-19(17)29-21)31(26,27)24-16-6-4-5-7-18(16)28-3/h4-9,12,14,24H,10-11,13H2,1-3H3,(H,22,25). The van der Waals surface area contributed by atoms with Crippen LogP contribution in [-0.2, 0) is 14.8 Å². The lowest BCUT2D eigenvalue weighted by Crippen LogP contribution is -2.26. The Labute approximate surface area is 185 Å². The number of amides is 1. The van der Waals surface area contributed by atoms with Crippen LogP contribution >= 0.6 is 11.8 Å². The summed E-state index contributed by atoms with van der Waals surface area (Å²) >= 11 is 1.16. The molecule has 0 atom stereocenters. The van der Waals surface area contributed by atoms with Crippen LogP contribution in [0.3, 0.4) is 0 Å². The maximum Gasteiger partial charge on any atom is 0.262 e. The average molecular weight is 464 g/mol. The van der Waals surface area contributed by atoms with E-state index >= 15 is 0 Å². The minimum atomic E-state index is -3.85. The van der Waals surface area contributed by atoms with Gasteiger partial charge in [0.2, 0.25) is 5.91 Å². The second-order valence-corrected chi connectivity index (χ2v) is 9.85. The monoisotopic (exact) mass is 463 g/mol. The number of nitrogens with one attached hydrogen (secondary N) is 2. The summed E-state index contributed by atoms with van der Waals surface area (Å²) in [7, 11) is -2.38. The van der Waals surface area contributed by atoms with Gasteiger partial charge in [-0.25, -0.2) is 13.4 Å². The van der Waals surface area contributed by atoms with Crippen molar-refractivity contribution in [3.63, 3.8) is 0 Å². The van der Waals surface area contributed by atoms with Crippen molar-refractivity contribution in [1.29, 1.82) is 0 Å². The highest BCUT2D eigenvalue weighted by Gasteiger charge is 2.19. The molecule has 0 aliphatic rings. The highest BCUT2D eigenvalue weighted by Crippen LogP contribution is 2.29. The number of fused-ring (bicyclic) bond motifs is 1. The molecule has 0 aliphatic heterocycles. The van der Waals surface area contributed by atoms with Crippen LogP contribution in [0.4, 0.5) is 5.69 Å². The quantitative estimate of drug-likeness (QED) is 0.439. The second-order valence-electron chi connectivity index (χ2n) is 7.24. The first-order chi connectivity index (χ1) is 14.8. The second kappa shape index (κ2) is 10.1. The predicted molar refractivity (Wildman–Crippen MR) is 121 cm³/mol. The van der Waals surface area contributed by atoms with Crippen LogP contribution in [0.5, 0.6) is 5.75 Å². The highest BCUT2D eigenvalue weighted by atomic mass is 32.2. The van der Waals surface area contributed by atoms with Gasteiger partial charge >= 0.3 is 0 Å². The Hall–Kier alpha value is -2.72. The molecule has 0 spiro atoms. The number of para-hydroxylation sites is 2. The molecule has 0 saturated heterocycles. The van der Waals surface area contributed by atoms with Gasteiger partial charge in [-0.3, -0.25) is 9.52 Å². The minimum Gasteiger partial charge on any atom is -0.495 e. The van der Waals surface area contributed by atoms with E-state index < -0.39 is 10.0 Å². The van der Waals surface area contributed by atoms with Crippen LogP contribution in [0.25, 0.3) is 11.1 Å². The number of oxazole rings is 1. The molecule has 3 aromatic rings. The van der Waals surface area contributed by atoms with Gasteiger partial charge in [0.1, 0.15) is 11.3 Å². The molecular formula is C21H25N3O5S2. The van der Waals surface area contributed by atoms with E-state index in [-0.39, 0.29) is 16.6 Å². The Morgan fingerprint density at radius 2 is 2.00 bits per heavy atom. The fourth-order valence-corrected chi connectivity index (χ4v) is 4.48. The van der Waals surface area contributed by atoms with Crippen molar-refractivity contribution < 1.29 is 22.4 Å². The van der Waals surface area contributed by atoms with Gasteiger partial charge < -0.3 is 14.5 Å². The van der Waals surface area contributed by atoms with Gasteiger partial charge in [-0.2, -0.15) is 0 Å². The molecule has 8 nitrogen and oxygen atoms in total. The van der Waals surface area contributed by atoms with Crippen molar-refractivity contribution in [2.24, 2.45) is 5.92 Å². The van der Waals surface area contributed by atoms with Gasteiger partial charge in [-0.05, 0) is 42.7 Å². The lowest BCUT2D eigenvalue weighted by Gasteiger charge is -2.11. The molecule has 0 unspecified atom stereocenters. The van der Waals surface area contributed by atoms with E-state index in [0.717, 1.165) is 18.2 Å². The molecule has 0 aliphatic carbocycles. The zero-order valence-corrected chi connectivity index (χ0v) is 19.2. The first kappa shape index (κ1) is 23.0. The lowest BCUT2D eigenvalue weighted by molar-refractivity contribution is -0.118. The summed E-state index contributed by atoms with van der Waals surface area (Å²) < 4.78 is 38.9. The van der Waals surface area contributed by atoms with E-state index in [2.05, 4.69) is 28.9 Å². The topological polar surface area (TPSA) is 111 Å². The largest absolute Gasteiger partial charge is 0.495 e. The first-order valence-corrected chi connectivity index (χ1v) is 12.2. The number of rotatable bonds is 10. The number of anilines is 1. The maximum atomic E-state index is 12.8. The zero-order valence-electron chi connectivity index (χ0n) is 17.5. The summed E-state index contributed by atoms with van der Waals surface area (Å²) in [4.78, 5) is 16.3. The van der Waals surface area contributed by atoms with Gasteiger partial charge in [0.25, 0.3) is 15.2 Å². The first-order valence-electron chi connectivity index (χ1n) is 9.74. The third-order valence-corrected chi connectivity index (χ3v) is 6.56. The molecule has 31 heavy (non-hydrogen) atoms. The van der Waals surface area contributed by atoms with Crippen molar-refractivity contribution in [3.05, 3.63) is 42.5 Å². The van der Waals surface area contributed by atoms with Crippen molar-refractivity contribution >= 4 is 44.5 Å². The Morgan fingerprint density at radius 3 is 2.74 bits per heavy atom. The average Bonchev–Trinajstić information content (AvgIpc) is 3.14. The highest BCUT2D eigenvalue weighted by molar-refractivity contribution is 7.99. The van der Waals surface area contributed by atoms with Crippen molar-refractivity contribution in [1.82, 2.24) is 10.3 Å². The number of hydrogen-bond donors (Lipinski definition) is 2. The number of aromatic nitrogens is 1. The van der Waals surface area contributed by atoms with E-state index in [1.807, 2.05) is 0 Å². The summed E-state index contributed by atoms with van der Waals surface area (Å²) in [5.74, 6) is 1.01. The molecule has 166 valence electrons. The summed E-state index contributed by atoms with van der Waals surface area (Å²) in [6, 6.07) is 11.2. The molecule has 0 fully saturated rings. The molecule has 1 amide bonds.